The molecule has 1 saturated carbocycles. The fourth-order valence-electron chi connectivity index (χ4n) is 4.97. The Bertz CT molecular complexity index is 1100. The number of carbonyl (C=O) groups is 2. The number of nitrogens with zero attached hydrogens (tertiary/aromatic N) is 1. The highest BCUT2D eigenvalue weighted by Crippen LogP contribution is 2.39. The maximum atomic E-state index is 13.4. The van der Waals surface area contributed by atoms with Crippen molar-refractivity contribution in [3.63, 3.8) is 0 Å². The lowest BCUT2D eigenvalue weighted by Crippen LogP contribution is -2.27. The fourth-order valence-corrected chi connectivity index (χ4v) is 4.97. The highest BCUT2D eigenvalue weighted by atomic mass is 16.6. The predicted octanol–water partition coefficient (Wildman–Crippen LogP) is 8.05. The molecule has 0 unspecified atom stereocenters. The molecular formula is C29H39N3O5. The lowest BCUT2D eigenvalue weighted by Gasteiger charge is -2.30. The molecule has 2 aromatic carbocycles. The van der Waals surface area contributed by atoms with E-state index in [4.69, 9.17) is 4.74 Å². The van der Waals surface area contributed by atoms with E-state index in [1.807, 2.05) is 24.3 Å². The Morgan fingerprint density at radius 3 is 2.35 bits per heavy atom. The van der Waals surface area contributed by atoms with Crippen LogP contribution in [0.4, 0.5) is 21.9 Å². The smallest absolute Gasteiger partial charge is 0.412 e. The SMILES string of the molecule is CCCCCC1CCC(c2ccccc2C(=O)Nc2ccc([N+](=O)[O-])cc2NC(=O)OC(C)(C)C)CC1. The van der Waals surface area contributed by atoms with Gasteiger partial charge in [0, 0.05) is 17.7 Å². The molecule has 0 bridgehead atoms. The number of nitro groups is 1. The number of hydrogen-bond donors (Lipinski definition) is 2. The minimum Gasteiger partial charge on any atom is -0.444 e. The van der Waals surface area contributed by atoms with Gasteiger partial charge in [-0.2, -0.15) is 0 Å². The van der Waals surface area contributed by atoms with Gasteiger partial charge in [-0.15, -0.1) is 0 Å². The van der Waals surface area contributed by atoms with E-state index >= 15 is 0 Å². The first-order chi connectivity index (χ1) is 17.6. The van der Waals surface area contributed by atoms with Gasteiger partial charge in [-0.3, -0.25) is 20.2 Å². The van der Waals surface area contributed by atoms with Crippen molar-refractivity contribution in [1.29, 1.82) is 0 Å². The number of ether oxygens (including phenoxy) is 1. The first-order valence-corrected chi connectivity index (χ1v) is 13.3. The van der Waals surface area contributed by atoms with Gasteiger partial charge in [0.2, 0.25) is 0 Å². The first kappa shape index (κ1) is 28.2. The number of nitro benzene ring substituents is 1. The average molecular weight is 510 g/mol. The third-order valence-electron chi connectivity index (χ3n) is 6.81. The second-order valence-corrected chi connectivity index (χ2v) is 10.9. The number of carbonyl (C=O) groups excluding carboxylic acids is 2. The number of rotatable bonds is 9. The molecule has 0 heterocycles. The van der Waals surface area contributed by atoms with Gasteiger partial charge in [-0.05, 0) is 76.0 Å². The van der Waals surface area contributed by atoms with E-state index in [2.05, 4.69) is 17.6 Å². The van der Waals surface area contributed by atoms with Crippen molar-refractivity contribution in [3.05, 3.63) is 63.7 Å². The maximum absolute atomic E-state index is 13.4. The van der Waals surface area contributed by atoms with Crippen molar-refractivity contribution < 1.29 is 19.2 Å². The molecule has 8 nitrogen and oxygen atoms in total. The summed E-state index contributed by atoms with van der Waals surface area (Å²) in [5.74, 6) is 0.771. The molecule has 0 aliphatic heterocycles. The quantitative estimate of drug-likeness (QED) is 0.202. The van der Waals surface area contributed by atoms with Gasteiger partial charge in [0.05, 0.1) is 16.3 Å². The van der Waals surface area contributed by atoms with E-state index in [-0.39, 0.29) is 23.0 Å². The van der Waals surface area contributed by atoms with Crippen LogP contribution < -0.4 is 10.6 Å². The number of unbranched alkanes of at least 4 members (excludes halogenated alkanes) is 2. The van der Waals surface area contributed by atoms with Crippen molar-refractivity contribution in [2.24, 2.45) is 5.92 Å². The molecule has 2 N–H and O–H groups in total. The van der Waals surface area contributed by atoms with Crippen LogP contribution >= 0.6 is 0 Å². The Labute approximate surface area is 219 Å². The molecule has 200 valence electrons. The van der Waals surface area contributed by atoms with E-state index in [0.717, 1.165) is 24.3 Å². The van der Waals surface area contributed by atoms with E-state index < -0.39 is 16.6 Å². The molecule has 0 saturated heterocycles. The number of nitrogens with one attached hydrogen (secondary N) is 2. The third kappa shape index (κ3) is 8.30. The van der Waals surface area contributed by atoms with E-state index in [1.54, 1.807) is 20.8 Å². The molecule has 0 atom stereocenters. The lowest BCUT2D eigenvalue weighted by atomic mass is 9.76. The number of hydrogen-bond acceptors (Lipinski definition) is 5. The molecule has 1 fully saturated rings. The summed E-state index contributed by atoms with van der Waals surface area (Å²) in [6.45, 7) is 7.39. The fraction of sp³-hybridized carbons (Fsp3) is 0.517. The summed E-state index contributed by atoms with van der Waals surface area (Å²) >= 11 is 0. The number of benzene rings is 2. The van der Waals surface area contributed by atoms with Crippen molar-refractivity contribution in [2.45, 2.75) is 90.6 Å². The van der Waals surface area contributed by atoms with Crippen LogP contribution in [0.25, 0.3) is 0 Å². The minimum absolute atomic E-state index is 0.0990. The Hall–Kier alpha value is -3.42. The normalized spacial score (nSPS) is 17.6. The highest BCUT2D eigenvalue weighted by molar-refractivity contribution is 6.08. The third-order valence-corrected chi connectivity index (χ3v) is 6.81. The maximum Gasteiger partial charge on any atom is 0.412 e. The minimum atomic E-state index is -0.764. The van der Waals surface area contributed by atoms with Gasteiger partial charge in [0.25, 0.3) is 11.6 Å². The average Bonchev–Trinajstić information content (AvgIpc) is 2.84. The van der Waals surface area contributed by atoms with Crippen LogP contribution in [0.5, 0.6) is 0 Å². The first-order valence-electron chi connectivity index (χ1n) is 13.3. The Morgan fingerprint density at radius 2 is 1.70 bits per heavy atom. The summed E-state index contributed by atoms with van der Waals surface area (Å²) in [4.78, 5) is 36.5. The van der Waals surface area contributed by atoms with E-state index in [0.29, 0.717) is 11.5 Å². The summed E-state index contributed by atoms with van der Waals surface area (Å²) in [5, 5.41) is 16.7. The van der Waals surface area contributed by atoms with Crippen LogP contribution in [0, 0.1) is 16.0 Å². The summed E-state index contributed by atoms with van der Waals surface area (Å²) < 4.78 is 5.29. The predicted molar refractivity (Wildman–Crippen MR) is 146 cm³/mol. The molecule has 0 spiro atoms. The van der Waals surface area contributed by atoms with Gasteiger partial charge >= 0.3 is 6.09 Å². The monoisotopic (exact) mass is 509 g/mol. The largest absolute Gasteiger partial charge is 0.444 e. The zero-order valence-corrected chi connectivity index (χ0v) is 22.3. The molecule has 1 aliphatic carbocycles. The van der Waals surface area contributed by atoms with Crippen LogP contribution in [0.15, 0.2) is 42.5 Å². The molecular weight excluding hydrogens is 470 g/mol. The zero-order chi connectivity index (χ0) is 27.0. The topological polar surface area (TPSA) is 111 Å². The molecule has 8 heteroatoms. The molecule has 2 aromatic rings. The van der Waals surface area contributed by atoms with Gasteiger partial charge in [-0.1, -0.05) is 50.8 Å². The van der Waals surface area contributed by atoms with Gasteiger partial charge in [0.15, 0.2) is 0 Å². The Morgan fingerprint density at radius 1 is 1.00 bits per heavy atom. The second-order valence-electron chi connectivity index (χ2n) is 10.9. The Balaban J connectivity index is 1.77. The zero-order valence-electron chi connectivity index (χ0n) is 22.3. The second kappa shape index (κ2) is 12.7. The Kier molecular flexibility index (Phi) is 9.66. The van der Waals surface area contributed by atoms with Crippen molar-refractivity contribution in [2.75, 3.05) is 10.6 Å². The summed E-state index contributed by atoms with van der Waals surface area (Å²) in [5.41, 5.74) is 1.01. The van der Waals surface area contributed by atoms with Crippen LogP contribution in [0.3, 0.4) is 0 Å². The van der Waals surface area contributed by atoms with Gasteiger partial charge < -0.3 is 10.1 Å². The van der Waals surface area contributed by atoms with Gasteiger partial charge in [-0.25, -0.2) is 4.79 Å². The van der Waals surface area contributed by atoms with E-state index in [9.17, 15) is 19.7 Å². The highest BCUT2D eigenvalue weighted by Gasteiger charge is 2.26. The van der Waals surface area contributed by atoms with Crippen LogP contribution in [0.1, 0.15) is 101 Å². The van der Waals surface area contributed by atoms with Crippen LogP contribution in [-0.2, 0) is 4.74 Å². The molecule has 37 heavy (non-hydrogen) atoms. The molecule has 0 aromatic heterocycles. The van der Waals surface area contributed by atoms with E-state index in [1.165, 1.54) is 56.7 Å². The molecule has 1 aliphatic rings. The standard InChI is InChI=1S/C29H39N3O5/c1-5-6-7-10-20-13-15-21(16-14-20)23-11-8-9-12-24(23)27(33)30-25-18-17-22(32(35)36)19-26(25)31-28(34)37-29(2,3)4/h8-9,11-12,17-21H,5-7,10,13-16H2,1-4H3,(H,30,33)(H,31,34). The summed E-state index contributed by atoms with van der Waals surface area (Å²) in [6.07, 6.45) is 8.81. The van der Waals surface area contributed by atoms with Gasteiger partial charge in [0.1, 0.15) is 5.60 Å². The number of amides is 2. The lowest BCUT2D eigenvalue weighted by molar-refractivity contribution is -0.384. The van der Waals surface area contributed by atoms with Crippen molar-refractivity contribution in [1.82, 2.24) is 0 Å². The van der Waals surface area contributed by atoms with Crippen molar-refractivity contribution in [3.8, 4) is 0 Å². The number of non-ortho nitro benzene ring substituents is 1. The summed E-state index contributed by atoms with van der Waals surface area (Å²) in [7, 11) is 0. The summed E-state index contributed by atoms with van der Waals surface area (Å²) in [6, 6.07) is 11.6. The molecule has 0 radical (unpaired) electrons. The number of anilines is 2. The van der Waals surface area contributed by atoms with Crippen LogP contribution in [-0.4, -0.2) is 22.5 Å². The van der Waals surface area contributed by atoms with Crippen molar-refractivity contribution >= 4 is 29.1 Å². The molecule has 2 amide bonds. The molecule has 3 rings (SSSR count). The van der Waals surface area contributed by atoms with Crippen LogP contribution in [0.2, 0.25) is 0 Å².